The highest BCUT2D eigenvalue weighted by molar-refractivity contribution is 5.91. The summed E-state index contributed by atoms with van der Waals surface area (Å²) in [5.74, 6) is 0.945. The average Bonchev–Trinajstić information content (AvgIpc) is 2.85. The van der Waals surface area contributed by atoms with Gasteiger partial charge in [-0.05, 0) is 79.6 Å². The smallest absolute Gasteiger partial charge is 0.343 e. The Kier molecular flexibility index (Phi) is 9.22. The predicted molar refractivity (Wildman–Crippen MR) is 131 cm³/mol. The van der Waals surface area contributed by atoms with Gasteiger partial charge in [-0.2, -0.15) is 5.10 Å². The third kappa shape index (κ3) is 8.09. The Labute approximate surface area is 199 Å². The number of benzene rings is 3. The van der Waals surface area contributed by atoms with Crippen molar-refractivity contribution in [2.45, 2.75) is 26.7 Å². The minimum atomic E-state index is -0.424. The van der Waals surface area contributed by atoms with E-state index in [1.807, 2.05) is 31.2 Å². The molecule has 0 aliphatic heterocycles. The lowest BCUT2D eigenvalue weighted by atomic mass is 10.1. The van der Waals surface area contributed by atoms with Gasteiger partial charge in [-0.15, -0.1) is 0 Å². The molecule has 0 saturated carbocycles. The van der Waals surface area contributed by atoms with Crippen molar-refractivity contribution in [3.8, 4) is 17.2 Å². The van der Waals surface area contributed by atoms with Crippen LogP contribution in [0, 0.1) is 6.92 Å². The quantitative estimate of drug-likeness (QED) is 0.144. The Morgan fingerprint density at radius 1 is 0.853 bits per heavy atom. The topological polar surface area (TPSA) is 86.2 Å². The summed E-state index contributed by atoms with van der Waals surface area (Å²) in [6.45, 7) is 4.58. The molecule has 0 radical (unpaired) electrons. The highest BCUT2D eigenvalue weighted by Gasteiger charge is 2.08. The van der Waals surface area contributed by atoms with Crippen molar-refractivity contribution < 1.29 is 23.8 Å². The normalized spacial score (nSPS) is 10.6. The molecule has 34 heavy (non-hydrogen) atoms. The highest BCUT2D eigenvalue weighted by Crippen LogP contribution is 2.18. The summed E-state index contributed by atoms with van der Waals surface area (Å²) in [6.07, 6.45) is 3.57. The zero-order chi connectivity index (χ0) is 24.2. The minimum absolute atomic E-state index is 0.165. The molecular formula is C27H28N2O5. The van der Waals surface area contributed by atoms with Crippen molar-refractivity contribution in [3.05, 3.63) is 89.5 Å². The van der Waals surface area contributed by atoms with Crippen LogP contribution in [0.25, 0.3) is 0 Å². The lowest BCUT2D eigenvalue weighted by Crippen LogP contribution is -2.24. The van der Waals surface area contributed by atoms with E-state index in [4.69, 9.17) is 14.2 Å². The molecule has 0 atom stereocenters. The van der Waals surface area contributed by atoms with E-state index in [0.29, 0.717) is 23.7 Å². The number of nitrogens with zero attached hydrogens (tertiary/aromatic N) is 1. The second kappa shape index (κ2) is 12.8. The summed E-state index contributed by atoms with van der Waals surface area (Å²) in [7, 11) is 0. The van der Waals surface area contributed by atoms with E-state index in [-0.39, 0.29) is 12.5 Å². The number of hydrogen-bond acceptors (Lipinski definition) is 6. The molecule has 0 fully saturated rings. The second-order valence-electron chi connectivity index (χ2n) is 7.58. The van der Waals surface area contributed by atoms with Gasteiger partial charge in [-0.3, -0.25) is 4.79 Å². The van der Waals surface area contributed by atoms with Crippen molar-refractivity contribution in [1.29, 1.82) is 0 Å². The summed E-state index contributed by atoms with van der Waals surface area (Å²) in [5, 5.41) is 3.92. The maximum absolute atomic E-state index is 12.2. The molecule has 7 nitrogen and oxygen atoms in total. The number of unbranched alkanes of at least 4 members (excludes halogenated alkanes) is 1. The molecule has 0 aromatic heterocycles. The van der Waals surface area contributed by atoms with E-state index in [0.717, 1.165) is 29.7 Å². The number of carbonyl (C=O) groups excluding carboxylic acids is 2. The fraction of sp³-hybridized carbons (Fsp3) is 0.222. The van der Waals surface area contributed by atoms with Gasteiger partial charge >= 0.3 is 5.97 Å². The van der Waals surface area contributed by atoms with E-state index in [1.165, 1.54) is 6.21 Å². The molecular weight excluding hydrogens is 432 g/mol. The first-order valence-electron chi connectivity index (χ1n) is 11.1. The van der Waals surface area contributed by atoms with Gasteiger partial charge in [0.25, 0.3) is 5.91 Å². The van der Waals surface area contributed by atoms with Crippen molar-refractivity contribution in [3.63, 3.8) is 0 Å². The number of ether oxygens (including phenoxy) is 3. The van der Waals surface area contributed by atoms with Gasteiger partial charge in [0.05, 0.1) is 18.4 Å². The van der Waals surface area contributed by atoms with E-state index in [2.05, 4.69) is 17.5 Å². The molecule has 0 heterocycles. The van der Waals surface area contributed by atoms with Crippen molar-refractivity contribution in [2.24, 2.45) is 5.10 Å². The lowest BCUT2D eigenvalue weighted by molar-refractivity contribution is -0.123. The van der Waals surface area contributed by atoms with Crippen LogP contribution in [0.15, 0.2) is 77.9 Å². The highest BCUT2D eigenvalue weighted by atomic mass is 16.5. The molecule has 0 saturated heterocycles. The Morgan fingerprint density at radius 3 is 2.12 bits per heavy atom. The number of hydrazone groups is 1. The number of nitrogens with one attached hydrogen (secondary N) is 1. The third-order valence-corrected chi connectivity index (χ3v) is 4.74. The van der Waals surface area contributed by atoms with Crippen LogP contribution in [0.5, 0.6) is 17.2 Å². The zero-order valence-corrected chi connectivity index (χ0v) is 19.3. The summed E-state index contributed by atoms with van der Waals surface area (Å²) in [4.78, 5) is 24.1. The van der Waals surface area contributed by atoms with Crippen molar-refractivity contribution >= 4 is 18.1 Å². The number of hydrogen-bond donors (Lipinski definition) is 1. The second-order valence-corrected chi connectivity index (χ2v) is 7.58. The number of amides is 1. The van der Waals surface area contributed by atoms with Gasteiger partial charge in [0.1, 0.15) is 17.2 Å². The molecule has 0 bridgehead atoms. The molecule has 3 rings (SSSR count). The molecule has 7 heteroatoms. The average molecular weight is 461 g/mol. The van der Waals surface area contributed by atoms with Crippen LogP contribution in [0.3, 0.4) is 0 Å². The van der Waals surface area contributed by atoms with Gasteiger partial charge < -0.3 is 14.2 Å². The number of esters is 1. The van der Waals surface area contributed by atoms with Gasteiger partial charge in [0.15, 0.2) is 6.61 Å². The van der Waals surface area contributed by atoms with E-state index in [9.17, 15) is 9.59 Å². The molecule has 0 spiro atoms. The van der Waals surface area contributed by atoms with E-state index < -0.39 is 5.97 Å². The van der Waals surface area contributed by atoms with Gasteiger partial charge in [-0.1, -0.05) is 31.0 Å². The molecule has 176 valence electrons. The van der Waals surface area contributed by atoms with Crippen LogP contribution in [0.4, 0.5) is 0 Å². The van der Waals surface area contributed by atoms with Crippen LogP contribution in [0.1, 0.15) is 41.3 Å². The Hall–Kier alpha value is -4.13. The molecule has 1 N–H and O–H groups in total. The SMILES string of the molecule is CCCCOc1ccc(OCC(=O)NN=Cc2ccc(OC(=O)c3ccc(C)cc3)cc2)cc1. The van der Waals surface area contributed by atoms with Gasteiger partial charge in [0.2, 0.25) is 0 Å². The first-order valence-corrected chi connectivity index (χ1v) is 11.1. The monoisotopic (exact) mass is 460 g/mol. The number of carbonyl (C=O) groups is 2. The van der Waals surface area contributed by atoms with Crippen LogP contribution >= 0.6 is 0 Å². The van der Waals surface area contributed by atoms with Crippen LogP contribution < -0.4 is 19.6 Å². The van der Waals surface area contributed by atoms with Crippen LogP contribution in [-0.4, -0.2) is 31.3 Å². The fourth-order valence-corrected chi connectivity index (χ4v) is 2.80. The molecule has 3 aromatic rings. The largest absolute Gasteiger partial charge is 0.494 e. The molecule has 0 unspecified atom stereocenters. The van der Waals surface area contributed by atoms with Crippen LogP contribution in [-0.2, 0) is 4.79 Å². The zero-order valence-electron chi connectivity index (χ0n) is 19.3. The lowest BCUT2D eigenvalue weighted by Gasteiger charge is -2.08. The first kappa shape index (κ1) is 24.5. The van der Waals surface area contributed by atoms with Gasteiger partial charge in [-0.25, -0.2) is 10.2 Å². The fourth-order valence-electron chi connectivity index (χ4n) is 2.80. The number of aryl methyl sites for hydroxylation is 1. The van der Waals surface area contributed by atoms with E-state index in [1.54, 1.807) is 48.5 Å². The molecule has 1 amide bonds. The minimum Gasteiger partial charge on any atom is -0.494 e. The summed E-state index contributed by atoms with van der Waals surface area (Å²) in [6, 6.07) is 21.1. The Balaban J connectivity index is 1.40. The third-order valence-electron chi connectivity index (χ3n) is 4.74. The molecule has 3 aromatic carbocycles. The Bertz CT molecular complexity index is 1090. The first-order chi connectivity index (χ1) is 16.5. The maximum atomic E-state index is 12.2. The van der Waals surface area contributed by atoms with Crippen molar-refractivity contribution in [2.75, 3.05) is 13.2 Å². The standard InChI is InChI=1S/C27H28N2O5/c1-3-4-17-32-23-13-15-24(16-14-23)33-19-26(30)29-28-18-21-7-11-25(12-8-21)34-27(31)22-9-5-20(2)6-10-22/h5-16,18H,3-4,17,19H2,1-2H3,(H,29,30). The maximum Gasteiger partial charge on any atom is 0.343 e. The summed E-state index contributed by atoms with van der Waals surface area (Å²) in [5.41, 5.74) is 4.70. The van der Waals surface area contributed by atoms with Crippen LogP contribution in [0.2, 0.25) is 0 Å². The van der Waals surface area contributed by atoms with E-state index >= 15 is 0 Å². The van der Waals surface area contributed by atoms with Crippen molar-refractivity contribution in [1.82, 2.24) is 5.43 Å². The van der Waals surface area contributed by atoms with Gasteiger partial charge in [0, 0.05) is 0 Å². The Morgan fingerprint density at radius 2 is 1.47 bits per heavy atom. The predicted octanol–water partition coefficient (Wildman–Crippen LogP) is 4.92. The molecule has 0 aliphatic rings. The summed E-state index contributed by atoms with van der Waals surface area (Å²) < 4.78 is 16.4. The number of rotatable bonds is 11. The summed E-state index contributed by atoms with van der Waals surface area (Å²) >= 11 is 0. The molecule has 0 aliphatic carbocycles.